The van der Waals surface area contributed by atoms with Gasteiger partial charge in [0.1, 0.15) is 11.6 Å². The largest absolute Gasteiger partial charge is 0.226 e. The maximum Gasteiger partial charge on any atom is 0.222 e. The summed E-state index contributed by atoms with van der Waals surface area (Å²) >= 11 is 5.55. The number of hydrogen-bond donors (Lipinski definition) is 0. The van der Waals surface area contributed by atoms with Crippen LogP contribution in [0, 0.1) is 11.6 Å². The zero-order valence-corrected chi connectivity index (χ0v) is 8.17. The Hall–Kier alpha value is -1.55. The molecule has 0 aliphatic carbocycles. The van der Waals surface area contributed by atoms with Gasteiger partial charge in [-0.2, -0.15) is 0 Å². The Morgan fingerprint density at radius 2 is 1.93 bits per heavy atom. The lowest BCUT2D eigenvalue weighted by molar-refractivity contribution is 0.602. The van der Waals surface area contributed by atoms with E-state index in [1.807, 2.05) is 0 Å². The Morgan fingerprint density at radius 3 is 2.67 bits per heavy atom. The van der Waals surface area contributed by atoms with Crippen molar-refractivity contribution in [1.29, 1.82) is 0 Å². The molecule has 0 unspecified atom stereocenters. The average Bonchev–Trinajstić information content (AvgIpc) is 2.22. The fourth-order valence-electron chi connectivity index (χ4n) is 1.18. The van der Waals surface area contributed by atoms with Crippen LogP contribution in [-0.2, 0) is 0 Å². The molecule has 0 saturated carbocycles. The molecular weight excluding hydrogens is 222 g/mol. The third-order valence-corrected chi connectivity index (χ3v) is 2.01. The van der Waals surface area contributed by atoms with Crippen molar-refractivity contribution in [2.75, 3.05) is 0 Å². The van der Waals surface area contributed by atoms with E-state index in [0.717, 1.165) is 18.2 Å². The van der Waals surface area contributed by atoms with E-state index in [-0.39, 0.29) is 16.5 Å². The van der Waals surface area contributed by atoms with Crippen molar-refractivity contribution < 1.29 is 8.78 Å². The fourth-order valence-corrected chi connectivity index (χ4v) is 1.33. The molecule has 0 bridgehead atoms. The average molecular weight is 227 g/mol. The van der Waals surface area contributed by atoms with Gasteiger partial charge in [0.25, 0.3) is 0 Å². The molecule has 0 amide bonds. The third kappa shape index (κ3) is 2.10. The molecular formula is C10H5ClF2N2. The second-order valence-electron chi connectivity index (χ2n) is 2.84. The predicted molar refractivity (Wildman–Crippen MR) is 52.4 cm³/mol. The van der Waals surface area contributed by atoms with Crippen molar-refractivity contribution >= 4 is 11.6 Å². The Balaban J connectivity index is 2.58. The molecule has 0 atom stereocenters. The smallest absolute Gasteiger partial charge is 0.222 e. The van der Waals surface area contributed by atoms with E-state index in [9.17, 15) is 8.78 Å². The van der Waals surface area contributed by atoms with Crippen LogP contribution in [0.1, 0.15) is 0 Å². The molecule has 0 N–H and O–H groups in total. The molecule has 0 aliphatic rings. The molecule has 15 heavy (non-hydrogen) atoms. The van der Waals surface area contributed by atoms with Gasteiger partial charge in [-0.15, -0.1) is 0 Å². The van der Waals surface area contributed by atoms with E-state index < -0.39 is 11.6 Å². The summed E-state index contributed by atoms with van der Waals surface area (Å²) in [6.45, 7) is 0. The highest BCUT2D eigenvalue weighted by Gasteiger charge is 2.08. The zero-order valence-electron chi connectivity index (χ0n) is 7.42. The summed E-state index contributed by atoms with van der Waals surface area (Å²) in [5.74, 6) is -1.08. The SMILES string of the molecule is Fc1ccc(F)c(-c2ccnc(Cl)n2)c1. The number of hydrogen-bond acceptors (Lipinski definition) is 2. The number of halogens is 3. The molecule has 0 radical (unpaired) electrons. The monoisotopic (exact) mass is 226 g/mol. The quantitative estimate of drug-likeness (QED) is 0.699. The summed E-state index contributed by atoms with van der Waals surface area (Å²) in [5.41, 5.74) is 0.325. The number of rotatable bonds is 1. The highest BCUT2D eigenvalue weighted by Crippen LogP contribution is 2.22. The summed E-state index contributed by atoms with van der Waals surface area (Å²) in [6.07, 6.45) is 1.38. The Kier molecular flexibility index (Phi) is 2.60. The molecule has 1 aromatic carbocycles. The first-order valence-electron chi connectivity index (χ1n) is 4.11. The molecule has 1 heterocycles. The summed E-state index contributed by atoms with van der Waals surface area (Å²) in [6, 6.07) is 4.61. The summed E-state index contributed by atoms with van der Waals surface area (Å²) in [5, 5.41) is -0.00355. The van der Waals surface area contributed by atoms with Crippen LogP contribution in [0.25, 0.3) is 11.3 Å². The van der Waals surface area contributed by atoms with Crippen LogP contribution in [-0.4, -0.2) is 9.97 Å². The number of benzene rings is 1. The van der Waals surface area contributed by atoms with Gasteiger partial charge in [-0.3, -0.25) is 0 Å². The van der Waals surface area contributed by atoms with Crippen molar-refractivity contribution in [3.05, 3.63) is 47.4 Å². The molecule has 2 nitrogen and oxygen atoms in total. The first-order valence-corrected chi connectivity index (χ1v) is 4.48. The van der Waals surface area contributed by atoms with Crippen molar-refractivity contribution in [3.8, 4) is 11.3 Å². The first kappa shape index (κ1) is 9.98. The van der Waals surface area contributed by atoms with Crippen LogP contribution in [0.4, 0.5) is 8.78 Å². The van der Waals surface area contributed by atoms with Gasteiger partial charge in [0.05, 0.1) is 5.69 Å². The van der Waals surface area contributed by atoms with E-state index >= 15 is 0 Å². The third-order valence-electron chi connectivity index (χ3n) is 1.83. The van der Waals surface area contributed by atoms with Gasteiger partial charge in [0, 0.05) is 11.8 Å². The van der Waals surface area contributed by atoms with Gasteiger partial charge < -0.3 is 0 Å². The van der Waals surface area contributed by atoms with Crippen LogP contribution >= 0.6 is 11.6 Å². The van der Waals surface area contributed by atoms with Crippen molar-refractivity contribution in [3.63, 3.8) is 0 Å². The second kappa shape index (κ2) is 3.90. The molecule has 0 saturated heterocycles. The van der Waals surface area contributed by atoms with Crippen molar-refractivity contribution in [2.24, 2.45) is 0 Å². The van der Waals surface area contributed by atoms with Crippen molar-refractivity contribution in [2.45, 2.75) is 0 Å². The Morgan fingerprint density at radius 1 is 1.13 bits per heavy atom. The lowest BCUT2D eigenvalue weighted by Crippen LogP contribution is -1.91. The zero-order chi connectivity index (χ0) is 10.8. The molecule has 76 valence electrons. The van der Waals surface area contributed by atoms with Crippen LogP contribution in [0.5, 0.6) is 0 Å². The lowest BCUT2D eigenvalue weighted by atomic mass is 10.1. The minimum absolute atomic E-state index is 0.00355. The molecule has 2 aromatic rings. The highest BCUT2D eigenvalue weighted by atomic mass is 35.5. The molecule has 2 rings (SSSR count). The molecule has 0 fully saturated rings. The number of nitrogens with zero attached hydrogens (tertiary/aromatic N) is 2. The van der Waals surface area contributed by atoms with Crippen LogP contribution in [0.2, 0.25) is 5.28 Å². The Bertz CT molecular complexity index is 503. The van der Waals surface area contributed by atoms with E-state index in [1.165, 1.54) is 12.3 Å². The predicted octanol–water partition coefficient (Wildman–Crippen LogP) is 3.08. The normalized spacial score (nSPS) is 10.3. The van der Waals surface area contributed by atoms with Gasteiger partial charge in [-0.1, -0.05) is 0 Å². The first-order chi connectivity index (χ1) is 7.16. The van der Waals surface area contributed by atoms with Gasteiger partial charge in [0.2, 0.25) is 5.28 Å². The highest BCUT2D eigenvalue weighted by molar-refractivity contribution is 6.28. The van der Waals surface area contributed by atoms with Crippen molar-refractivity contribution in [1.82, 2.24) is 9.97 Å². The van der Waals surface area contributed by atoms with Crippen LogP contribution in [0.15, 0.2) is 30.5 Å². The van der Waals surface area contributed by atoms with E-state index in [4.69, 9.17) is 11.6 Å². The topological polar surface area (TPSA) is 25.8 Å². The van der Waals surface area contributed by atoms with E-state index in [0.29, 0.717) is 0 Å². The minimum Gasteiger partial charge on any atom is -0.226 e. The van der Waals surface area contributed by atoms with Gasteiger partial charge in [0.15, 0.2) is 0 Å². The molecule has 5 heteroatoms. The van der Waals surface area contributed by atoms with Gasteiger partial charge in [-0.25, -0.2) is 18.7 Å². The summed E-state index contributed by atoms with van der Waals surface area (Å²) in [4.78, 5) is 7.45. The lowest BCUT2D eigenvalue weighted by Gasteiger charge is -2.02. The maximum atomic E-state index is 13.3. The molecule has 0 aliphatic heterocycles. The van der Waals surface area contributed by atoms with E-state index in [1.54, 1.807) is 0 Å². The molecule has 0 spiro atoms. The van der Waals surface area contributed by atoms with E-state index in [2.05, 4.69) is 9.97 Å². The summed E-state index contributed by atoms with van der Waals surface area (Å²) < 4.78 is 26.2. The minimum atomic E-state index is -0.550. The van der Waals surface area contributed by atoms with Crippen LogP contribution < -0.4 is 0 Å². The summed E-state index contributed by atoms with van der Waals surface area (Å²) in [7, 11) is 0. The van der Waals surface area contributed by atoms with Gasteiger partial charge in [-0.05, 0) is 35.9 Å². The van der Waals surface area contributed by atoms with Gasteiger partial charge >= 0.3 is 0 Å². The molecule has 1 aromatic heterocycles. The van der Waals surface area contributed by atoms with Crippen LogP contribution in [0.3, 0.4) is 0 Å². The maximum absolute atomic E-state index is 13.3. The fraction of sp³-hybridized carbons (Fsp3) is 0. The second-order valence-corrected chi connectivity index (χ2v) is 3.17. The Labute approximate surface area is 89.6 Å². The number of aromatic nitrogens is 2. The standard InChI is InChI=1S/C10H5ClF2N2/c11-10-14-4-3-9(15-10)7-5-6(12)1-2-8(7)13/h1-5H.